The van der Waals surface area contributed by atoms with Gasteiger partial charge in [0.1, 0.15) is 0 Å². The highest BCUT2D eigenvalue weighted by molar-refractivity contribution is 9.18. The van der Waals surface area contributed by atoms with Gasteiger partial charge in [0.05, 0.1) is 5.10 Å². The van der Waals surface area contributed by atoms with Gasteiger partial charge in [-0.1, -0.05) is 0 Å². The van der Waals surface area contributed by atoms with Crippen molar-refractivity contribution in [2.45, 2.75) is 0 Å². The van der Waals surface area contributed by atoms with Crippen LogP contribution in [0.3, 0.4) is 0 Å². The molecule has 35 valence electrons. The van der Waals surface area contributed by atoms with Crippen molar-refractivity contribution >= 4 is 26.8 Å². The molecule has 0 bridgehead atoms. The molecule has 0 N–H and O–H groups in total. The molecule has 1 aliphatic rings. The maximum atomic E-state index is 3.65. The summed E-state index contributed by atoms with van der Waals surface area (Å²) in [5.74, 6) is 0. The SMILES string of the molecule is BrC1=N[N+]=CC=C1. The molecule has 1 heterocycles. The summed E-state index contributed by atoms with van der Waals surface area (Å²) in [5.41, 5.74) is 0. The van der Waals surface area contributed by atoms with E-state index in [1.807, 2.05) is 12.2 Å². The fourth-order valence-electron chi connectivity index (χ4n) is 0.283. The minimum Gasteiger partial charge on any atom is -0.0218 e. The van der Waals surface area contributed by atoms with E-state index in [-0.39, 0.29) is 0 Å². The first-order chi connectivity index (χ1) is 3.39. The van der Waals surface area contributed by atoms with E-state index in [2.05, 4.69) is 26.1 Å². The zero-order valence-electron chi connectivity index (χ0n) is 3.50. The number of hydrogen-bond donors (Lipinski definition) is 0. The van der Waals surface area contributed by atoms with Crippen LogP contribution in [0.25, 0.3) is 0 Å². The van der Waals surface area contributed by atoms with E-state index in [0.29, 0.717) is 0 Å². The molecule has 0 unspecified atom stereocenters. The van der Waals surface area contributed by atoms with E-state index >= 15 is 0 Å². The Labute approximate surface area is 49.8 Å². The molecule has 0 aliphatic carbocycles. The standard InChI is InChI=1S/C4H3BrN2/c5-4-2-1-3-6-7-4/h1-3H/q+1. The predicted octanol–water partition coefficient (Wildman–Crippen LogP) is 0.671. The summed E-state index contributed by atoms with van der Waals surface area (Å²) in [6.45, 7) is 0. The van der Waals surface area contributed by atoms with E-state index in [0.717, 1.165) is 4.62 Å². The fourth-order valence-corrected chi connectivity index (χ4v) is 0.527. The Morgan fingerprint density at radius 2 is 2.57 bits per heavy atom. The van der Waals surface area contributed by atoms with Crippen LogP contribution in [0.15, 0.2) is 17.3 Å². The van der Waals surface area contributed by atoms with Crippen molar-refractivity contribution in [3.63, 3.8) is 0 Å². The van der Waals surface area contributed by atoms with Crippen LogP contribution < -0.4 is 5.10 Å². The molecule has 0 amide bonds. The van der Waals surface area contributed by atoms with Crippen LogP contribution in [-0.4, -0.2) is 10.8 Å². The smallest absolute Gasteiger partial charge is 0.0218 e. The first kappa shape index (κ1) is 4.71. The summed E-state index contributed by atoms with van der Waals surface area (Å²) < 4.78 is 0.773. The molecular formula is C4H3BrN2+. The monoisotopic (exact) mass is 158 g/mol. The Balaban J connectivity index is 2.82. The molecule has 1 rings (SSSR count). The van der Waals surface area contributed by atoms with Gasteiger partial charge in [-0.25, -0.2) is 0 Å². The van der Waals surface area contributed by atoms with E-state index in [4.69, 9.17) is 0 Å². The Kier molecular flexibility index (Phi) is 1.36. The van der Waals surface area contributed by atoms with E-state index < -0.39 is 0 Å². The van der Waals surface area contributed by atoms with Gasteiger partial charge in [-0.05, 0) is 22.0 Å². The second-order valence-corrected chi connectivity index (χ2v) is 1.86. The Morgan fingerprint density at radius 1 is 1.71 bits per heavy atom. The molecular weight excluding hydrogens is 156 g/mol. The summed E-state index contributed by atoms with van der Waals surface area (Å²) in [4.78, 5) is 0. The number of nitrogens with zero attached hydrogens (tertiary/aromatic N) is 2. The molecule has 1 aliphatic heterocycles. The van der Waals surface area contributed by atoms with Gasteiger partial charge in [-0.3, -0.25) is 0 Å². The molecule has 0 saturated heterocycles. The normalized spacial score (nSPS) is 17.0. The van der Waals surface area contributed by atoms with Crippen molar-refractivity contribution in [2.24, 2.45) is 5.10 Å². The molecule has 0 aromatic heterocycles. The average Bonchev–Trinajstić information content (AvgIpc) is 1.69. The molecule has 0 spiro atoms. The van der Waals surface area contributed by atoms with Gasteiger partial charge >= 0.3 is 0 Å². The lowest BCUT2D eigenvalue weighted by Crippen LogP contribution is -1.90. The lowest BCUT2D eigenvalue weighted by molar-refractivity contribution is 1.12. The zero-order valence-corrected chi connectivity index (χ0v) is 5.09. The van der Waals surface area contributed by atoms with Crippen LogP contribution in [0.4, 0.5) is 0 Å². The topological polar surface area (TPSA) is 26.5 Å². The van der Waals surface area contributed by atoms with Gasteiger partial charge in [0.25, 0.3) is 6.21 Å². The predicted molar refractivity (Wildman–Crippen MR) is 33.7 cm³/mol. The third-order valence-electron chi connectivity index (χ3n) is 0.540. The molecule has 7 heavy (non-hydrogen) atoms. The Hall–Kier alpha value is -0.440. The molecule has 1 radical (unpaired) electrons. The van der Waals surface area contributed by atoms with E-state index in [1.54, 1.807) is 6.21 Å². The lowest BCUT2D eigenvalue weighted by Gasteiger charge is -1.73. The van der Waals surface area contributed by atoms with Crippen molar-refractivity contribution in [3.8, 4) is 0 Å². The first-order valence-electron chi connectivity index (χ1n) is 1.83. The van der Waals surface area contributed by atoms with Crippen molar-refractivity contribution in [1.82, 2.24) is 5.10 Å². The molecule has 0 aromatic carbocycles. The fraction of sp³-hybridized carbons (Fsp3) is 0. The van der Waals surface area contributed by atoms with Gasteiger partial charge in [-0.15, -0.1) is 0 Å². The highest BCUT2D eigenvalue weighted by Crippen LogP contribution is 1.90. The van der Waals surface area contributed by atoms with Gasteiger partial charge in [-0.2, -0.15) is 0 Å². The number of halogens is 1. The van der Waals surface area contributed by atoms with Crippen LogP contribution in [-0.2, 0) is 0 Å². The highest BCUT2D eigenvalue weighted by Gasteiger charge is 1.95. The molecule has 0 saturated carbocycles. The van der Waals surface area contributed by atoms with E-state index in [9.17, 15) is 0 Å². The van der Waals surface area contributed by atoms with Crippen molar-refractivity contribution < 1.29 is 0 Å². The lowest BCUT2D eigenvalue weighted by atomic mass is 10.5. The Morgan fingerprint density at radius 3 is 2.86 bits per heavy atom. The van der Waals surface area contributed by atoms with Gasteiger partial charge in [0.2, 0.25) is 5.10 Å². The minimum absolute atomic E-state index is 0.773. The van der Waals surface area contributed by atoms with Crippen molar-refractivity contribution in [2.75, 3.05) is 0 Å². The first-order valence-corrected chi connectivity index (χ1v) is 2.62. The van der Waals surface area contributed by atoms with E-state index in [1.165, 1.54) is 0 Å². The zero-order chi connectivity index (χ0) is 5.11. The maximum Gasteiger partial charge on any atom is 0.278 e. The highest BCUT2D eigenvalue weighted by atomic mass is 79.9. The van der Waals surface area contributed by atoms with Gasteiger partial charge in [0.15, 0.2) is 4.62 Å². The summed E-state index contributed by atoms with van der Waals surface area (Å²) in [7, 11) is 0. The van der Waals surface area contributed by atoms with Crippen molar-refractivity contribution in [3.05, 3.63) is 12.2 Å². The maximum absolute atomic E-state index is 3.65. The van der Waals surface area contributed by atoms with Crippen LogP contribution in [0.1, 0.15) is 0 Å². The Bertz CT molecular complexity index is 146. The van der Waals surface area contributed by atoms with Crippen LogP contribution in [0, 0.1) is 0 Å². The summed E-state index contributed by atoms with van der Waals surface area (Å²) in [5, 5.41) is 7.23. The van der Waals surface area contributed by atoms with Crippen molar-refractivity contribution in [1.29, 1.82) is 0 Å². The summed E-state index contributed by atoms with van der Waals surface area (Å²) in [6.07, 6.45) is 5.27. The van der Waals surface area contributed by atoms with Gasteiger partial charge in [0, 0.05) is 6.08 Å². The summed E-state index contributed by atoms with van der Waals surface area (Å²) in [6, 6.07) is 0. The average molecular weight is 159 g/mol. The largest absolute Gasteiger partial charge is 0.278 e. The third-order valence-corrected chi connectivity index (χ3v) is 0.963. The van der Waals surface area contributed by atoms with Gasteiger partial charge < -0.3 is 0 Å². The molecule has 3 heteroatoms. The van der Waals surface area contributed by atoms with Crippen LogP contribution >= 0.6 is 15.9 Å². The van der Waals surface area contributed by atoms with Crippen LogP contribution in [0.2, 0.25) is 0 Å². The number of rotatable bonds is 0. The van der Waals surface area contributed by atoms with Crippen LogP contribution in [0.5, 0.6) is 0 Å². The molecule has 0 aromatic rings. The second kappa shape index (κ2) is 2.02. The molecule has 0 atom stereocenters. The minimum atomic E-state index is 0.773. The molecule has 0 fully saturated rings. The summed E-state index contributed by atoms with van der Waals surface area (Å²) >= 11 is 3.14. The second-order valence-electron chi connectivity index (χ2n) is 1.05. The number of hydrogen-bond acceptors (Lipinski definition) is 2. The number of allylic oxidation sites excluding steroid dienone is 2. The third kappa shape index (κ3) is 1.23. The quantitative estimate of drug-likeness (QED) is 0.496. The molecule has 2 nitrogen and oxygen atoms in total.